The molecule has 2 aromatic heterocycles. The minimum Gasteiger partial charge on any atom is -0.298 e. The van der Waals surface area contributed by atoms with Gasteiger partial charge >= 0.3 is 0 Å². The fraction of sp³-hybridized carbons (Fsp3) is 0. The summed E-state index contributed by atoms with van der Waals surface area (Å²) in [4.78, 5) is 18.3. The van der Waals surface area contributed by atoms with Crippen LogP contribution in [-0.4, -0.2) is 16.3 Å². The van der Waals surface area contributed by atoms with Crippen LogP contribution in [0.2, 0.25) is 5.15 Å². The third-order valence-corrected chi connectivity index (χ3v) is 1.99. The number of carbonyl (C=O) groups is 1. The number of fused-ring (bicyclic) bond motifs is 1. The second-order valence-corrected chi connectivity index (χ2v) is 2.92. The largest absolute Gasteiger partial charge is 0.298 e. The molecule has 4 heteroatoms. The number of nitrogens with zero attached hydrogens (tertiary/aromatic N) is 2. The molecule has 0 unspecified atom stereocenters. The van der Waals surface area contributed by atoms with Crippen LogP contribution in [0.5, 0.6) is 0 Å². The molecule has 0 spiro atoms. The Bertz CT molecular complexity index is 508. The lowest BCUT2D eigenvalue weighted by molar-refractivity contribution is 0.112. The highest BCUT2D eigenvalue weighted by Crippen LogP contribution is 2.18. The summed E-state index contributed by atoms with van der Waals surface area (Å²) in [5.41, 5.74) is 1.16. The van der Waals surface area contributed by atoms with Crippen molar-refractivity contribution in [2.45, 2.75) is 0 Å². The number of carbonyl (C=O) groups excluding carboxylic acids is 1. The Hall–Kier alpha value is -1.92. The summed E-state index contributed by atoms with van der Waals surface area (Å²) in [5, 5.41) is 1.18. The van der Waals surface area contributed by atoms with Crippen molar-refractivity contribution in [3.63, 3.8) is 0 Å². The summed E-state index contributed by atoms with van der Waals surface area (Å²) in [5.74, 6) is 0. The molecule has 0 amide bonds. The molecule has 2 rings (SSSR count). The molecular weight excluding hydrogens is 212 g/mol. The molecule has 0 saturated carbocycles. The van der Waals surface area contributed by atoms with E-state index in [9.17, 15) is 4.79 Å². The van der Waals surface area contributed by atoms with Crippen molar-refractivity contribution in [1.82, 2.24) is 9.97 Å². The van der Waals surface area contributed by atoms with Crippen LogP contribution in [-0.2, 0) is 0 Å². The van der Waals surface area contributed by atoms with Crippen molar-refractivity contribution in [2.75, 3.05) is 0 Å². The minimum atomic E-state index is 0.356. The van der Waals surface area contributed by atoms with E-state index in [1.807, 2.05) is 0 Å². The molecular formula is C11H7ClN2O. The Morgan fingerprint density at radius 1 is 1.33 bits per heavy atom. The number of rotatable bonds is 1. The van der Waals surface area contributed by atoms with E-state index < -0.39 is 0 Å². The summed E-state index contributed by atoms with van der Waals surface area (Å²) in [6, 6.07) is 3.49. The molecule has 0 aromatic carbocycles. The van der Waals surface area contributed by atoms with Gasteiger partial charge in [-0.2, -0.15) is 0 Å². The van der Waals surface area contributed by atoms with E-state index in [1.165, 1.54) is 6.20 Å². The van der Waals surface area contributed by atoms with Gasteiger partial charge in [-0.05, 0) is 12.1 Å². The predicted molar refractivity (Wildman–Crippen MR) is 59.8 cm³/mol. The highest BCUT2D eigenvalue weighted by atomic mass is 35.5. The third kappa shape index (κ3) is 2.30. The first-order chi connectivity index (χ1) is 7.31. The topological polar surface area (TPSA) is 42.9 Å². The van der Waals surface area contributed by atoms with Gasteiger partial charge in [0.25, 0.3) is 0 Å². The van der Waals surface area contributed by atoms with Crippen LogP contribution >= 0.6 is 11.6 Å². The maximum absolute atomic E-state index is 10.4. The van der Waals surface area contributed by atoms with Crippen molar-refractivity contribution >= 4 is 28.8 Å². The Morgan fingerprint density at radius 3 is 2.73 bits per heavy atom. The van der Waals surface area contributed by atoms with Gasteiger partial charge in [0.2, 0.25) is 0 Å². The highest BCUT2D eigenvalue weighted by molar-refractivity contribution is 6.33. The van der Waals surface area contributed by atoms with Gasteiger partial charge in [-0.1, -0.05) is 11.6 Å². The molecule has 0 atom stereocenters. The zero-order chi connectivity index (χ0) is 11.3. The lowest BCUT2D eigenvalue weighted by atomic mass is 10.2. The van der Waals surface area contributed by atoms with Crippen LogP contribution in [0.25, 0.3) is 10.9 Å². The molecule has 74 valence electrons. The highest BCUT2D eigenvalue weighted by Gasteiger charge is 2.01. The van der Waals surface area contributed by atoms with E-state index in [0.29, 0.717) is 16.2 Å². The van der Waals surface area contributed by atoms with E-state index in [0.717, 1.165) is 11.7 Å². The molecule has 0 bridgehead atoms. The Kier molecular flexibility index (Phi) is 3.78. The Labute approximate surface area is 92.1 Å². The van der Waals surface area contributed by atoms with E-state index in [4.69, 9.17) is 11.6 Å². The third-order valence-electron chi connectivity index (χ3n) is 1.71. The Balaban J connectivity index is 0.000000531. The predicted octanol–water partition coefficient (Wildman–Crippen LogP) is 2.35. The van der Waals surface area contributed by atoms with Crippen LogP contribution in [0.1, 0.15) is 10.4 Å². The van der Waals surface area contributed by atoms with Gasteiger partial charge in [0.05, 0.1) is 0 Å². The van der Waals surface area contributed by atoms with Gasteiger partial charge in [0.15, 0.2) is 11.4 Å². The second kappa shape index (κ2) is 5.08. The van der Waals surface area contributed by atoms with E-state index in [2.05, 4.69) is 22.8 Å². The zero-order valence-electron chi connectivity index (χ0n) is 7.72. The number of terminal acetylenes is 1. The van der Waals surface area contributed by atoms with Crippen molar-refractivity contribution in [1.29, 1.82) is 0 Å². The van der Waals surface area contributed by atoms with Gasteiger partial charge in [-0.3, -0.25) is 9.78 Å². The molecule has 2 aromatic rings. The first-order valence-corrected chi connectivity index (χ1v) is 4.38. The first-order valence-electron chi connectivity index (χ1n) is 4.00. The van der Waals surface area contributed by atoms with Crippen LogP contribution < -0.4 is 0 Å². The summed E-state index contributed by atoms with van der Waals surface area (Å²) in [6.07, 6.45) is 11.8. The summed E-state index contributed by atoms with van der Waals surface area (Å²) in [7, 11) is 0. The quantitative estimate of drug-likeness (QED) is 0.419. The summed E-state index contributed by atoms with van der Waals surface area (Å²) >= 11 is 5.79. The number of hydrogen-bond donors (Lipinski definition) is 0. The van der Waals surface area contributed by atoms with Crippen molar-refractivity contribution < 1.29 is 4.79 Å². The van der Waals surface area contributed by atoms with Crippen molar-refractivity contribution in [3.05, 3.63) is 35.2 Å². The van der Waals surface area contributed by atoms with Gasteiger partial charge in [-0.25, -0.2) is 4.98 Å². The zero-order valence-corrected chi connectivity index (χ0v) is 8.48. The maximum Gasteiger partial charge on any atom is 0.155 e. The lowest BCUT2D eigenvalue weighted by Crippen LogP contribution is -1.86. The average Bonchev–Trinajstić information content (AvgIpc) is 2.31. The smallest absolute Gasteiger partial charge is 0.155 e. The summed E-state index contributed by atoms with van der Waals surface area (Å²) < 4.78 is 0. The van der Waals surface area contributed by atoms with Crippen LogP contribution in [0.15, 0.2) is 24.5 Å². The number of aromatic nitrogens is 2. The molecule has 0 aliphatic heterocycles. The van der Waals surface area contributed by atoms with Gasteiger partial charge in [-0.15, -0.1) is 12.8 Å². The molecule has 3 nitrogen and oxygen atoms in total. The number of pyridine rings is 2. The maximum atomic E-state index is 10.4. The van der Waals surface area contributed by atoms with Crippen LogP contribution in [0, 0.1) is 12.8 Å². The molecule has 0 saturated heterocycles. The van der Waals surface area contributed by atoms with Crippen LogP contribution in [0.3, 0.4) is 0 Å². The normalized spacial score (nSPS) is 9.00. The van der Waals surface area contributed by atoms with E-state index in [1.54, 1.807) is 18.3 Å². The molecule has 0 aliphatic rings. The summed E-state index contributed by atoms with van der Waals surface area (Å²) in [6.45, 7) is 0. The van der Waals surface area contributed by atoms with Crippen molar-refractivity contribution in [2.24, 2.45) is 0 Å². The lowest BCUT2D eigenvalue weighted by Gasteiger charge is -1.97. The monoisotopic (exact) mass is 218 g/mol. The number of hydrogen-bond acceptors (Lipinski definition) is 3. The molecule has 2 heterocycles. The molecule has 15 heavy (non-hydrogen) atoms. The molecule has 0 aliphatic carbocycles. The number of aldehydes is 1. The van der Waals surface area contributed by atoms with Crippen molar-refractivity contribution in [3.8, 4) is 12.8 Å². The Morgan fingerprint density at radius 2 is 2.07 bits per heavy atom. The first kappa shape index (κ1) is 11.2. The van der Waals surface area contributed by atoms with Gasteiger partial charge < -0.3 is 0 Å². The average molecular weight is 219 g/mol. The van der Waals surface area contributed by atoms with Crippen LogP contribution in [0.4, 0.5) is 0 Å². The molecule has 0 N–H and O–H groups in total. The number of halogens is 1. The van der Waals surface area contributed by atoms with Gasteiger partial charge in [0, 0.05) is 23.3 Å². The SMILES string of the molecule is C#C.O=Cc1cnc2c(Cl)nccc2c1. The fourth-order valence-electron chi connectivity index (χ4n) is 1.11. The van der Waals surface area contributed by atoms with Gasteiger partial charge in [0.1, 0.15) is 5.52 Å². The molecule has 0 fully saturated rings. The second-order valence-electron chi connectivity index (χ2n) is 2.56. The minimum absolute atomic E-state index is 0.356. The molecule has 0 radical (unpaired) electrons. The standard InChI is InChI=1S/C9H5ClN2O.C2H2/c10-9-8-7(1-2-11-9)3-6(5-13)4-12-8;1-2/h1-5H;1-2H. The fourth-order valence-corrected chi connectivity index (χ4v) is 1.32. The van der Waals surface area contributed by atoms with E-state index in [-0.39, 0.29) is 0 Å². The van der Waals surface area contributed by atoms with E-state index >= 15 is 0 Å².